The molecular weight excluding hydrogens is 286 g/mol. The first-order chi connectivity index (χ1) is 10.8. The summed E-state index contributed by atoms with van der Waals surface area (Å²) in [5.74, 6) is 0.961. The maximum Gasteiger partial charge on any atom is 0.309 e. The van der Waals surface area contributed by atoms with Crippen molar-refractivity contribution < 1.29 is 9.53 Å². The van der Waals surface area contributed by atoms with E-state index in [9.17, 15) is 4.79 Å². The summed E-state index contributed by atoms with van der Waals surface area (Å²) < 4.78 is 6.00. The molecule has 129 valence electrons. The van der Waals surface area contributed by atoms with Crippen molar-refractivity contribution in [1.29, 1.82) is 0 Å². The maximum atomic E-state index is 10.1. The molecule has 0 aliphatic heterocycles. The van der Waals surface area contributed by atoms with Crippen LogP contribution in [0.4, 0.5) is 0 Å². The molecule has 1 amide bonds. The van der Waals surface area contributed by atoms with E-state index in [0.717, 1.165) is 25.0 Å². The minimum atomic E-state index is 0.0734. The Bertz CT molecular complexity index is 506. The van der Waals surface area contributed by atoms with Gasteiger partial charge in [0.25, 0.3) is 0 Å². The lowest BCUT2D eigenvalue weighted by Gasteiger charge is -2.30. The molecule has 0 aliphatic rings. The lowest BCUT2D eigenvalue weighted by molar-refractivity contribution is 0.300. The Balaban J connectivity index is 3.03. The van der Waals surface area contributed by atoms with Crippen molar-refractivity contribution in [3.05, 3.63) is 29.3 Å². The number of amides is 1. The van der Waals surface area contributed by atoms with Crippen molar-refractivity contribution in [3.8, 4) is 5.75 Å². The lowest BCUT2D eigenvalue weighted by atomic mass is 9.76. The maximum absolute atomic E-state index is 10.1. The van der Waals surface area contributed by atoms with E-state index in [1.54, 1.807) is 6.41 Å². The molecule has 0 bridgehead atoms. The van der Waals surface area contributed by atoms with Crippen LogP contribution in [0.15, 0.2) is 18.2 Å². The molecule has 0 fully saturated rings. The highest BCUT2D eigenvalue weighted by molar-refractivity contribution is 5.46. The van der Waals surface area contributed by atoms with Gasteiger partial charge in [-0.15, -0.1) is 0 Å². The predicted molar refractivity (Wildman–Crippen MR) is 96.9 cm³/mol. The molecule has 3 heteroatoms. The van der Waals surface area contributed by atoms with Crippen LogP contribution in [0.3, 0.4) is 0 Å². The van der Waals surface area contributed by atoms with Crippen molar-refractivity contribution in [2.75, 3.05) is 13.2 Å². The average molecular weight is 318 g/mol. The Morgan fingerprint density at radius 3 is 2.30 bits per heavy atom. The van der Waals surface area contributed by atoms with Gasteiger partial charge in [0.1, 0.15) is 5.75 Å². The van der Waals surface area contributed by atoms with E-state index in [4.69, 9.17) is 4.74 Å². The fourth-order valence-electron chi connectivity index (χ4n) is 2.39. The summed E-state index contributed by atoms with van der Waals surface area (Å²) >= 11 is 0. The summed E-state index contributed by atoms with van der Waals surface area (Å²) in [6.07, 6.45) is 4.63. The van der Waals surface area contributed by atoms with E-state index in [-0.39, 0.29) is 10.8 Å². The number of ether oxygens (including phenoxy) is 1. The van der Waals surface area contributed by atoms with Crippen LogP contribution in [0.25, 0.3) is 0 Å². The smallest absolute Gasteiger partial charge is 0.309 e. The normalized spacial score (nSPS) is 12.1. The SMILES string of the molecule is CCC(C)(C)c1ccc(OCCCN[C]=O)c(C(C)(C)CC)c1. The second-order valence-corrected chi connectivity index (χ2v) is 7.42. The molecule has 1 rings (SSSR count). The van der Waals surface area contributed by atoms with Crippen molar-refractivity contribution in [2.45, 2.75) is 71.6 Å². The van der Waals surface area contributed by atoms with Crippen molar-refractivity contribution in [1.82, 2.24) is 5.32 Å². The van der Waals surface area contributed by atoms with Crippen LogP contribution in [0.5, 0.6) is 5.75 Å². The van der Waals surface area contributed by atoms with Crippen LogP contribution in [-0.4, -0.2) is 19.6 Å². The highest BCUT2D eigenvalue weighted by Gasteiger charge is 2.26. The molecule has 0 spiro atoms. The zero-order valence-electron chi connectivity index (χ0n) is 15.6. The average Bonchev–Trinajstić information content (AvgIpc) is 2.54. The second-order valence-electron chi connectivity index (χ2n) is 7.42. The zero-order valence-corrected chi connectivity index (χ0v) is 15.6. The van der Waals surface area contributed by atoms with Crippen LogP contribution in [-0.2, 0) is 15.6 Å². The van der Waals surface area contributed by atoms with Gasteiger partial charge in [0.15, 0.2) is 0 Å². The lowest BCUT2D eigenvalue weighted by Crippen LogP contribution is -2.21. The fraction of sp³-hybridized carbons (Fsp3) is 0.650. The fourth-order valence-corrected chi connectivity index (χ4v) is 2.39. The largest absolute Gasteiger partial charge is 0.493 e. The van der Waals surface area contributed by atoms with E-state index >= 15 is 0 Å². The van der Waals surface area contributed by atoms with Gasteiger partial charge < -0.3 is 10.1 Å². The van der Waals surface area contributed by atoms with Gasteiger partial charge in [-0.3, -0.25) is 4.79 Å². The second kappa shape index (κ2) is 8.37. The summed E-state index contributed by atoms with van der Waals surface area (Å²) in [7, 11) is 0. The minimum Gasteiger partial charge on any atom is -0.493 e. The summed E-state index contributed by atoms with van der Waals surface area (Å²) in [6, 6.07) is 6.62. The predicted octanol–water partition coefficient (Wildman–Crippen LogP) is 4.49. The highest BCUT2D eigenvalue weighted by Crippen LogP contribution is 2.38. The van der Waals surface area contributed by atoms with Crippen molar-refractivity contribution in [2.24, 2.45) is 0 Å². The standard InChI is InChI=1S/C20H32NO2/c1-7-19(3,4)16-10-11-18(23-13-9-12-21-15-22)17(14-16)20(5,6)8-2/h10-11,14H,7-9,12-13H2,1-6H3,(H,21,22). The van der Waals surface area contributed by atoms with Crippen molar-refractivity contribution >= 4 is 6.41 Å². The Morgan fingerprint density at radius 1 is 1.09 bits per heavy atom. The van der Waals surface area contributed by atoms with E-state index in [2.05, 4.69) is 65.1 Å². The summed E-state index contributed by atoms with van der Waals surface area (Å²) in [4.78, 5) is 10.1. The minimum absolute atomic E-state index is 0.0734. The first-order valence-electron chi connectivity index (χ1n) is 8.66. The molecule has 0 saturated heterocycles. The molecule has 0 aliphatic carbocycles. The summed E-state index contributed by atoms with van der Waals surface area (Å²) in [6.45, 7) is 14.7. The molecule has 3 nitrogen and oxygen atoms in total. The molecule has 0 heterocycles. The molecule has 1 aromatic carbocycles. The van der Waals surface area contributed by atoms with Crippen LogP contribution in [0, 0.1) is 0 Å². The van der Waals surface area contributed by atoms with Gasteiger partial charge in [-0.1, -0.05) is 53.7 Å². The van der Waals surface area contributed by atoms with E-state index in [0.29, 0.717) is 13.2 Å². The number of rotatable bonds is 10. The first kappa shape index (κ1) is 19.5. The Hall–Kier alpha value is -1.51. The summed E-state index contributed by atoms with van der Waals surface area (Å²) in [5, 5.41) is 2.54. The third kappa shape index (κ3) is 5.26. The first-order valence-corrected chi connectivity index (χ1v) is 8.66. The molecular formula is C20H32NO2. The molecule has 0 aromatic heterocycles. The van der Waals surface area contributed by atoms with Gasteiger partial charge in [0, 0.05) is 12.1 Å². The van der Waals surface area contributed by atoms with E-state index in [1.165, 1.54) is 11.1 Å². The van der Waals surface area contributed by atoms with Gasteiger partial charge in [0.05, 0.1) is 6.61 Å². The number of carbonyl (C=O) groups excluding carboxylic acids is 1. The molecule has 23 heavy (non-hydrogen) atoms. The van der Waals surface area contributed by atoms with E-state index in [1.807, 2.05) is 0 Å². The molecule has 1 N–H and O–H groups in total. The van der Waals surface area contributed by atoms with Gasteiger partial charge in [-0.25, -0.2) is 0 Å². The number of hydrogen-bond acceptors (Lipinski definition) is 2. The quantitative estimate of drug-likeness (QED) is 0.510. The van der Waals surface area contributed by atoms with Crippen LogP contribution < -0.4 is 10.1 Å². The van der Waals surface area contributed by atoms with Crippen LogP contribution >= 0.6 is 0 Å². The topological polar surface area (TPSA) is 38.3 Å². The molecule has 1 radical (unpaired) electrons. The monoisotopic (exact) mass is 318 g/mol. The van der Waals surface area contributed by atoms with E-state index < -0.39 is 0 Å². The van der Waals surface area contributed by atoms with Crippen LogP contribution in [0.1, 0.15) is 71.9 Å². The Morgan fingerprint density at radius 2 is 1.74 bits per heavy atom. The highest BCUT2D eigenvalue weighted by atomic mass is 16.5. The molecule has 0 atom stereocenters. The third-order valence-corrected chi connectivity index (χ3v) is 5.03. The molecule has 0 saturated carbocycles. The van der Waals surface area contributed by atoms with Gasteiger partial charge in [-0.2, -0.15) is 0 Å². The summed E-state index contributed by atoms with van der Waals surface area (Å²) in [5.41, 5.74) is 2.88. The third-order valence-electron chi connectivity index (χ3n) is 5.03. The van der Waals surface area contributed by atoms with Crippen molar-refractivity contribution in [3.63, 3.8) is 0 Å². The Labute approximate surface area is 141 Å². The van der Waals surface area contributed by atoms with Crippen LogP contribution in [0.2, 0.25) is 0 Å². The number of benzene rings is 1. The zero-order chi connectivity index (χ0) is 17.5. The Kier molecular flexibility index (Phi) is 7.11. The van der Waals surface area contributed by atoms with Gasteiger partial charge in [-0.05, 0) is 41.7 Å². The molecule has 0 unspecified atom stereocenters. The number of hydrogen-bond donors (Lipinski definition) is 1. The van der Waals surface area contributed by atoms with Gasteiger partial charge in [0.2, 0.25) is 0 Å². The number of nitrogens with one attached hydrogen (secondary N) is 1. The van der Waals surface area contributed by atoms with Gasteiger partial charge >= 0.3 is 6.41 Å². The molecule has 1 aromatic rings.